The van der Waals surface area contributed by atoms with E-state index >= 15 is 0 Å². The van der Waals surface area contributed by atoms with E-state index in [0.29, 0.717) is 18.1 Å². The first-order chi connectivity index (χ1) is 5.83. The van der Waals surface area contributed by atoms with E-state index in [2.05, 4.69) is 17.9 Å². The van der Waals surface area contributed by atoms with E-state index < -0.39 is 0 Å². The average Bonchev–Trinajstić information content (AvgIpc) is 2.53. The van der Waals surface area contributed by atoms with Crippen LogP contribution >= 0.6 is 24.4 Å². The first-order valence-electron chi connectivity index (χ1n) is 4.28. The Hall–Kier alpha value is 0.170. The van der Waals surface area contributed by atoms with Crippen molar-refractivity contribution in [1.82, 2.24) is 5.32 Å². The fraction of sp³-hybridized carbons (Fsp3) is 0.875. The third-order valence-electron chi connectivity index (χ3n) is 1.95. The first kappa shape index (κ1) is 10.3. The maximum Gasteiger partial charge on any atom is 0.220 e. The summed E-state index contributed by atoms with van der Waals surface area (Å²) in [6, 6.07) is 0. The van der Waals surface area contributed by atoms with Crippen LogP contribution in [0.3, 0.4) is 0 Å². The Kier molecular flexibility index (Phi) is 4.92. The van der Waals surface area contributed by atoms with Crippen LogP contribution < -0.4 is 5.32 Å². The van der Waals surface area contributed by atoms with Crippen LogP contribution in [0.2, 0.25) is 0 Å². The minimum atomic E-state index is 0.141. The van der Waals surface area contributed by atoms with E-state index in [4.69, 9.17) is 0 Å². The molecule has 0 radical (unpaired) electrons. The van der Waals surface area contributed by atoms with Crippen LogP contribution in [0.1, 0.15) is 12.8 Å². The van der Waals surface area contributed by atoms with Gasteiger partial charge in [-0.25, -0.2) is 0 Å². The first-order valence-corrected chi connectivity index (χ1v) is 6.07. The number of carbonyl (C=O) groups excluding carboxylic acids is 1. The zero-order valence-corrected chi connectivity index (χ0v) is 8.79. The zero-order valence-electron chi connectivity index (χ0n) is 7.08. The highest BCUT2D eigenvalue weighted by Crippen LogP contribution is 2.22. The largest absolute Gasteiger partial charge is 0.356 e. The second-order valence-corrected chi connectivity index (χ2v) is 4.60. The lowest BCUT2D eigenvalue weighted by Gasteiger charge is -2.08. The molecule has 0 spiro atoms. The number of nitrogens with one attached hydrogen (secondary N) is 1. The number of hydrogen-bond donors (Lipinski definition) is 2. The van der Waals surface area contributed by atoms with Crippen molar-refractivity contribution in [2.45, 2.75) is 12.8 Å². The SMILES string of the molecule is O=C(CCS)NCC1CCSC1. The number of carbonyl (C=O) groups is 1. The Morgan fingerprint density at radius 3 is 3.08 bits per heavy atom. The van der Waals surface area contributed by atoms with Crippen molar-refractivity contribution in [3.63, 3.8) is 0 Å². The third-order valence-corrected chi connectivity index (χ3v) is 3.41. The lowest BCUT2D eigenvalue weighted by Crippen LogP contribution is -2.29. The molecule has 70 valence electrons. The van der Waals surface area contributed by atoms with Gasteiger partial charge < -0.3 is 5.32 Å². The number of hydrogen-bond acceptors (Lipinski definition) is 3. The van der Waals surface area contributed by atoms with Gasteiger partial charge in [0.15, 0.2) is 0 Å². The summed E-state index contributed by atoms with van der Waals surface area (Å²) in [6.45, 7) is 0.861. The number of amides is 1. The average molecular weight is 205 g/mol. The molecule has 1 fully saturated rings. The van der Waals surface area contributed by atoms with Gasteiger partial charge in [0.05, 0.1) is 0 Å². The second kappa shape index (κ2) is 5.75. The maximum absolute atomic E-state index is 11.0. The van der Waals surface area contributed by atoms with Gasteiger partial charge in [-0.3, -0.25) is 4.79 Å². The van der Waals surface area contributed by atoms with E-state index in [1.54, 1.807) is 0 Å². The summed E-state index contributed by atoms with van der Waals surface area (Å²) in [4.78, 5) is 11.0. The molecule has 1 atom stereocenters. The third kappa shape index (κ3) is 3.72. The molecule has 1 N–H and O–H groups in total. The van der Waals surface area contributed by atoms with Gasteiger partial charge in [0.25, 0.3) is 0 Å². The molecule has 12 heavy (non-hydrogen) atoms. The van der Waals surface area contributed by atoms with Gasteiger partial charge in [-0.15, -0.1) is 0 Å². The lowest BCUT2D eigenvalue weighted by atomic mass is 10.1. The van der Waals surface area contributed by atoms with Crippen LogP contribution in [0.4, 0.5) is 0 Å². The summed E-state index contributed by atoms with van der Waals surface area (Å²) in [5.74, 6) is 3.96. The van der Waals surface area contributed by atoms with E-state index in [0.717, 1.165) is 6.54 Å². The fourth-order valence-electron chi connectivity index (χ4n) is 1.19. The molecule has 0 saturated carbocycles. The molecular formula is C8H15NOS2. The molecule has 1 amide bonds. The Labute approximate surface area is 83.3 Å². The molecule has 0 bridgehead atoms. The molecular weight excluding hydrogens is 190 g/mol. The monoisotopic (exact) mass is 205 g/mol. The van der Waals surface area contributed by atoms with Crippen LogP contribution in [0.25, 0.3) is 0 Å². The summed E-state index contributed by atoms with van der Waals surface area (Å²) >= 11 is 5.98. The van der Waals surface area contributed by atoms with E-state index in [9.17, 15) is 4.79 Å². The summed E-state index contributed by atoms with van der Waals surface area (Å²) < 4.78 is 0. The predicted octanol–water partition coefficient (Wildman–Crippen LogP) is 1.18. The van der Waals surface area contributed by atoms with Crippen molar-refractivity contribution in [1.29, 1.82) is 0 Å². The highest BCUT2D eigenvalue weighted by atomic mass is 32.2. The predicted molar refractivity (Wildman–Crippen MR) is 56.9 cm³/mol. The van der Waals surface area contributed by atoms with Crippen molar-refractivity contribution in [2.75, 3.05) is 23.8 Å². The van der Waals surface area contributed by atoms with Gasteiger partial charge in [-0.1, -0.05) is 0 Å². The molecule has 1 unspecified atom stereocenters. The molecule has 1 rings (SSSR count). The minimum absolute atomic E-state index is 0.141. The summed E-state index contributed by atoms with van der Waals surface area (Å²) in [5.41, 5.74) is 0. The number of thioether (sulfide) groups is 1. The Balaban J connectivity index is 2.03. The van der Waals surface area contributed by atoms with Gasteiger partial charge in [0.1, 0.15) is 0 Å². The van der Waals surface area contributed by atoms with E-state index in [1.807, 2.05) is 11.8 Å². The highest BCUT2D eigenvalue weighted by Gasteiger charge is 2.15. The Morgan fingerprint density at radius 2 is 2.50 bits per heavy atom. The van der Waals surface area contributed by atoms with Crippen molar-refractivity contribution in [3.8, 4) is 0 Å². The van der Waals surface area contributed by atoms with Crippen molar-refractivity contribution in [2.24, 2.45) is 5.92 Å². The van der Waals surface area contributed by atoms with Crippen LogP contribution in [-0.2, 0) is 4.79 Å². The van der Waals surface area contributed by atoms with Crippen molar-refractivity contribution >= 4 is 30.3 Å². The molecule has 1 aliphatic heterocycles. The highest BCUT2D eigenvalue weighted by molar-refractivity contribution is 7.99. The summed E-state index contributed by atoms with van der Waals surface area (Å²) in [6.07, 6.45) is 1.80. The van der Waals surface area contributed by atoms with E-state index in [-0.39, 0.29) is 5.91 Å². The Bertz CT molecular complexity index is 146. The lowest BCUT2D eigenvalue weighted by molar-refractivity contribution is -0.120. The van der Waals surface area contributed by atoms with Crippen LogP contribution in [-0.4, -0.2) is 29.7 Å². The van der Waals surface area contributed by atoms with Crippen molar-refractivity contribution < 1.29 is 4.79 Å². The smallest absolute Gasteiger partial charge is 0.220 e. The van der Waals surface area contributed by atoms with Crippen LogP contribution in [0.15, 0.2) is 0 Å². The Morgan fingerprint density at radius 1 is 1.67 bits per heavy atom. The second-order valence-electron chi connectivity index (χ2n) is 3.01. The van der Waals surface area contributed by atoms with Gasteiger partial charge in [0, 0.05) is 13.0 Å². The van der Waals surface area contributed by atoms with Gasteiger partial charge >= 0.3 is 0 Å². The topological polar surface area (TPSA) is 29.1 Å². The molecule has 0 aromatic rings. The zero-order chi connectivity index (χ0) is 8.81. The number of thiol groups is 1. The molecule has 0 aliphatic carbocycles. The molecule has 1 heterocycles. The fourth-order valence-corrected chi connectivity index (χ4v) is 2.68. The standard InChI is InChI=1S/C8H15NOS2/c10-8(1-3-11)9-5-7-2-4-12-6-7/h7,11H,1-6H2,(H,9,10). The van der Waals surface area contributed by atoms with E-state index in [1.165, 1.54) is 17.9 Å². The van der Waals surface area contributed by atoms with Crippen molar-refractivity contribution in [3.05, 3.63) is 0 Å². The maximum atomic E-state index is 11.0. The van der Waals surface area contributed by atoms with Crippen LogP contribution in [0.5, 0.6) is 0 Å². The summed E-state index contributed by atoms with van der Waals surface area (Å²) in [7, 11) is 0. The summed E-state index contributed by atoms with van der Waals surface area (Å²) in [5, 5.41) is 2.92. The normalized spacial score (nSPS) is 22.6. The number of rotatable bonds is 4. The molecule has 2 nitrogen and oxygen atoms in total. The molecule has 1 saturated heterocycles. The molecule has 1 aliphatic rings. The minimum Gasteiger partial charge on any atom is -0.356 e. The quantitative estimate of drug-likeness (QED) is 0.675. The molecule has 4 heteroatoms. The molecule has 0 aromatic heterocycles. The van der Waals surface area contributed by atoms with Gasteiger partial charge in [0.2, 0.25) is 5.91 Å². The van der Waals surface area contributed by atoms with Crippen LogP contribution in [0, 0.1) is 5.92 Å². The van der Waals surface area contributed by atoms with Gasteiger partial charge in [-0.05, 0) is 29.6 Å². The molecule has 0 aromatic carbocycles. The van der Waals surface area contributed by atoms with Gasteiger partial charge in [-0.2, -0.15) is 24.4 Å².